The van der Waals surface area contributed by atoms with Crippen LogP contribution in [0.4, 0.5) is 5.95 Å². The Hall–Kier alpha value is -0.750. The van der Waals surface area contributed by atoms with Crippen LogP contribution in [0.15, 0.2) is 0 Å². The molecule has 0 aliphatic rings. The summed E-state index contributed by atoms with van der Waals surface area (Å²) in [5, 5.41) is 0.146. The zero-order valence-corrected chi connectivity index (χ0v) is 10.5. The lowest BCUT2D eigenvalue weighted by Crippen LogP contribution is -2.23. The van der Waals surface area contributed by atoms with E-state index < -0.39 is 0 Å². The molecule has 0 aliphatic carbocycles. The first-order valence-corrected chi connectivity index (χ1v) is 6.10. The number of halogens is 1. The summed E-state index contributed by atoms with van der Waals surface area (Å²) < 4.78 is 4.91. The summed E-state index contributed by atoms with van der Waals surface area (Å²) in [4.78, 5) is 13.8. The molecule has 84 valence electrons. The Balaban J connectivity index is 2.78. The van der Waals surface area contributed by atoms with E-state index in [1.54, 1.807) is 11.8 Å². The van der Waals surface area contributed by atoms with Crippen LogP contribution < -0.4 is 9.64 Å². The molecular weight excluding hydrogens is 236 g/mol. The van der Waals surface area contributed by atoms with E-state index in [4.69, 9.17) is 16.3 Å². The van der Waals surface area contributed by atoms with Gasteiger partial charge in [-0.05, 0) is 17.9 Å². The Labute approximate surface area is 98.2 Å². The van der Waals surface area contributed by atoms with Gasteiger partial charge in [-0.25, -0.2) is 0 Å². The summed E-state index contributed by atoms with van der Waals surface area (Å²) in [6.45, 7) is 0.852. The highest BCUT2D eigenvalue weighted by atomic mass is 35.5. The fraction of sp³-hybridized carbons (Fsp3) is 0.625. The smallest absolute Gasteiger partial charge is 0.322 e. The van der Waals surface area contributed by atoms with Crippen LogP contribution in [0.1, 0.15) is 0 Å². The predicted molar refractivity (Wildman–Crippen MR) is 63.0 cm³/mol. The van der Waals surface area contributed by atoms with Crippen LogP contribution >= 0.6 is 23.4 Å². The van der Waals surface area contributed by atoms with Crippen molar-refractivity contribution in [3.05, 3.63) is 5.28 Å². The van der Waals surface area contributed by atoms with Gasteiger partial charge < -0.3 is 9.64 Å². The Morgan fingerprint density at radius 1 is 1.40 bits per heavy atom. The molecule has 0 N–H and O–H groups in total. The maximum absolute atomic E-state index is 5.73. The van der Waals surface area contributed by atoms with Crippen LogP contribution in [-0.2, 0) is 0 Å². The summed E-state index contributed by atoms with van der Waals surface area (Å²) in [5.74, 6) is 1.53. The summed E-state index contributed by atoms with van der Waals surface area (Å²) >= 11 is 7.49. The van der Waals surface area contributed by atoms with Crippen molar-refractivity contribution < 1.29 is 4.74 Å². The van der Waals surface area contributed by atoms with E-state index in [1.165, 1.54) is 7.11 Å². The second-order valence-corrected chi connectivity index (χ2v) is 4.13. The third-order valence-electron chi connectivity index (χ3n) is 1.73. The summed E-state index contributed by atoms with van der Waals surface area (Å²) in [6.07, 6.45) is 2.05. The molecule has 0 unspecified atom stereocenters. The van der Waals surface area contributed by atoms with Crippen LogP contribution in [0.2, 0.25) is 5.28 Å². The van der Waals surface area contributed by atoms with Gasteiger partial charge in [0.25, 0.3) is 0 Å². The molecule has 1 rings (SSSR count). The molecule has 0 fully saturated rings. The number of nitrogens with zero attached hydrogens (tertiary/aromatic N) is 4. The van der Waals surface area contributed by atoms with E-state index in [0.717, 1.165) is 12.3 Å². The Kier molecular flexibility index (Phi) is 4.90. The van der Waals surface area contributed by atoms with Gasteiger partial charge in [-0.3, -0.25) is 0 Å². The van der Waals surface area contributed by atoms with Gasteiger partial charge in [0.15, 0.2) is 0 Å². The van der Waals surface area contributed by atoms with Crippen molar-refractivity contribution >= 4 is 29.3 Å². The van der Waals surface area contributed by atoms with E-state index in [2.05, 4.69) is 21.2 Å². The number of rotatable bonds is 5. The molecule has 0 saturated heterocycles. The average Bonchev–Trinajstić information content (AvgIpc) is 2.24. The minimum Gasteiger partial charge on any atom is -0.467 e. The molecule has 0 radical (unpaired) electrons. The lowest BCUT2D eigenvalue weighted by atomic mass is 10.6. The Bertz CT molecular complexity index is 326. The number of thioether (sulfide) groups is 1. The molecule has 0 atom stereocenters. The van der Waals surface area contributed by atoms with Crippen molar-refractivity contribution in [2.75, 3.05) is 37.6 Å². The fourth-order valence-electron chi connectivity index (χ4n) is 0.912. The molecule has 0 bridgehead atoms. The molecule has 1 aromatic heterocycles. The minimum atomic E-state index is 0.146. The average molecular weight is 249 g/mol. The highest BCUT2D eigenvalue weighted by Crippen LogP contribution is 2.13. The van der Waals surface area contributed by atoms with Gasteiger partial charge in [-0.15, -0.1) is 0 Å². The monoisotopic (exact) mass is 248 g/mol. The van der Waals surface area contributed by atoms with E-state index in [9.17, 15) is 0 Å². The van der Waals surface area contributed by atoms with Gasteiger partial charge in [0, 0.05) is 19.3 Å². The normalized spacial score (nSPS) is 10.1. The van der Waals surface area contributed by atoms with E-state index in [0.29, 0.717) is 5.95 Å². The molecule has 15 heavy (non-hydrogen) atoms. The summed E-state index contributed by atoms with van der Waals surface area (Å²) in [6, 6.07) is 0.237. The van der Waals surface area contributed by atoms with Gasteiger partial charge in [-0.2, -0.15) is 26.7 Å². The molecule has 0 aliphatic heterocycles. The third-order valence-corrected chi connectivity index (χ3v) is 2.49. The molecule has 0 saturated carbocycles. The first-order valence-electron chi connectivity index (χ1n) is 4.33. The highest BCUT2D eigenvalue weighted by molar-refractivity contribution is 7.98. The van der Waals surface area contributed by atoms with Gasteiger partial charge in [0.2, 0.25) is 11.2 Å². The van der Waals surface area contributed by atoms with Gasteiger partial charge in [-0.1, -0.05) is 0 Å². The largest absolute Gasteiger partial charge is 0.467 e. The second-order valence-electron chi connectivity index (χ2n) is 2.81. The SMILES string of the molecule is COc1nc(Cl)nc(N(C)CCSC)n1. The zero-order valence-electron chi connectivity index (χ0n) is 8.90. The van der Waals surface area contributed by atoms with Crippen molar-refractivity contribution in [2.45, 2.75) is 0 Å². The van der Waals surface area contributed by atoms with Crippen LogP contribution in [-0.4, -0.2) is 47.7 Å². The lowest BCUT2D eigenvalue weighted by Gasteiger charge is -2.16. The number of methoxy groups -OCH3 is 1. The lowest BCUT2D eigenvalue weighted by molar-refractivity contribution is 0.378. The number of anilines is 1. The molecule has 0 aromatic carbocycles. The standard InChI is InChI=1S/C8H13ClN4OS/c1-13(4-5-15-3)7-10-6(9)11-8(12-7)14-2/h4-5H2,1-3H3. The Morgan fingerprint density at radius 2 is 2.13 bits per heavy atom. The van der Waals surface area contributed by atoms with E-state index >= 15 is 0 Å². The zero-order chi connectivity index (χ0) is 11.3. The van der Waals surface area contributed by atoms with E-state index in [-0.39, 0.29) is 11.3 Å². The number of ether oxygens (including phenoxy) is 1. The first-order chi connectivity index (χ1) is 7.17. The van der Waals surface area contributed by atoms with Crippen molar-refractivity contribution in [1.82, 2.24) is 15.0 Å². The summed E-state index contributed by atoms with van der Waals surface area (Å²) in [5.41, 5.74) is 0. The number of hydrogen-bond donors (Lipinski definition) is 0. The fourth-order valence-corrected chi connectivity index (χ4v) is 1.52. The van der Waals surface area contributed by atoms with Crippen molar-refractivity contribution in [2.24, 2.45) is 0 Å². The molecule has 1 heterocycles. The van der Waals surface area contributed by atoms with Crippen LogP contribution in [0.25, 0.3) is 0 Å². The molecule has 1 aromatic rings. The quantitative estimate of drug-likeness (QED) is 0.784. The molecule has 5 nitrogen and oxygen atoms in total. The molecular formula is C8H13ClN4OS. The molecule has 7 heteroatoms. The van der Waals surface area contributed by atoms with Crippen LogP contribution in [0.5, 0.6) is 6.01 Å². The predicted octanol–water partition coefficient (Wildman–Crippen LogP) is 1.33. The first kappa shape index (κ1) is 12.3. The third kappa shape index (κ3) is 3.71. The van der Waals surface area contributed by atoms with Crippen LogP contribution in [0, 0.1) is 0 Å². The molecule has 0 spiro atoms. The Morgan fingerprint density at radius 3 is 2.73 bits per heavy atom. The minimum absolute atomic E-state index is 0.146. The number of hydrogen-bond acceptors (Lipinski definition) is 6. The number of aromatic nitrogens is 3. The topological polar surface area (TPSA) is 51.1 Å². The van der Waals surface area contributed by atoms with Gasteiger partial charge >= 0.3 is 6.01 Å². The van der Waals surface area contributed by atoms with Crippen LogP contribution in [0.3, 0.4) is 0 Å². The summed E-state index contributed by atoms with van der Waals surface area (Å²) in [7, 11) is 3.40. The maximum Gasteiger partial charge on any atom is 0.322 e. The van der Waals surface area contributed by atoms with Crippen molar-refractivity contribution in [3.63, 3.8) is 0 Å². The highest BCUT2D eigenvalue weighted by Gasteiger charge is 2.08. The maximum atomic E-state index is 5.73. The van der Waals surface area contributed by atoms with Gasteiger partial charge in [0.05, 0.1) is 7.11 Å². The molecule has 0 amide bonds. The second kappa shape index (κ2) is 5.97. The van der Waals surface area contributed by atoms with Crippen molar-refractivity contribution in [3.8, 4) is 6.01 Å². The van der Waals surface area contributed by atoms with Crippen molar-refractivity contribution in [1.29, 1.82) is 0 Å². The van der Waals surface area contributed by atoms with Gasteiger partial charge in [0.1, 0.15) is 0 Å². The van der Waals surface area contributed by atoms with E-state index in [1.807, 2.05) is 11.9 Å².